The Hall–Kier alpha value is -1.60. The molecule has 0 fully saturated rings. The molecule has 0 saturated carbocycles. The number of nitro groups is 1. The molecule has 0 aromatic heterocycles. The molecule has 2 aromatic carbocycles. The zero-order valence-corrected chi connectivity index (χ0v) is 17.2. The second kappa shape index (κ2) is 7.60. The van der Waals surface area contributed by atoms with E-state index >= 15 is 0 Å². The fourth-order valence-corrected chi connectivity index (χ4v) is 2.05. The summed E-state index contributed by atoms with van der Waals surface area (Å²) in [5.74, 6) is 0.503. The van der Waals surface area contributed by atoms with Crippen LogP contribution >= 0.6 is 0 Å². The fraction of sp³-hybridized carbons (Fsp3) is 0.250. The van der Waals surface area contributed by atoms with Gasteiger partial charge in [0, 0.05) is 6.07 Å². The minimum absolute atomic E-state index is 0. The van der Waals surface area contributed by atoms with Gasteiger partial charge in [0.15, 0.2) is 0 Å². The first kappa shape index (κ1) is 18.4. The molecule has 0 bridgehead atoms. The third-order valence-electron chi connectivity index (χ3n) is 3.11. The van der Waals surface area contributed by atoms with Crippen molar-refractivity contribution in [3.8, 4) is 5.75 Å². The van der Waals surface area contributed by atoms with Gasteiger partial charge < -0.3 is 4.74 Å². The maximum atomic E-state index is 11.2. The first-order valence-corrected chi connectivity index (χ1v) is 6.65. The standard InChI is InChI=1S/C16H19N2O3.Sn.2H/c1-18(2,3)16-10-9-14(11-15(16)17(19)20)21-12-13-7-5-4-6-8-13;;;/h4-11H,12H2,1-3H3;;;/q+1;;;. The predicted molar refractivity (Wildman–Crippen MR) is 92.0 cm³/mol. The van der Waals surface area contributed by atoms with E-state index < -0.39 is 0 Å². The van der Waals surface area contributed by atoms with Crippen LogP contribution in [-0.2, 0) is 6.61 Å². The molecule has 2 radical (unpaired) electrons. The maximum absolute atomic E-state index is 11.2. The van der Waals surface area contributed by atoms with Gasteiger partial charge in [0.1, 0.15) is 12.4 Å². The van der Waals surface area contributed by atoms with Crippen molar-refractivity contribution in [3.05, 3.63) is 64.2 Å². The van der Waals surface area contributed by atoms with Crippen LogP contribution in [0, 0.1) is 10.1 Å². The SMILES string of the molecule is C[N+](C)(C)c1ccc(OCc2ccccc2)cc1[N+](=O)[O-].[SnH2]. The number of nitro benzene ring substituents is 1. The molecule has 22 heavy (non-hydrogen) atoms. The van der Waals surface area contributed by atoms with Gasteiger partial charge in [-0.15, -0.1) is 0 Å². The first-order chi connectivity index (χ1) is 9.88. The van der Waals surface area contributed by atoms with Crippen LogP contribution in [0.15, 0.2) is 48.5 Å². The molecule has 0 amide bonds. The summed E-state index contributed by atoms with van der Waals surface area (Å²) in [5, 5.41) is 11.2. The molecule has 0 atom stereocenters. The van der Waals surface area contributed by atoms with Gasteiger partial charge >= 0.3 is 29.6 Å². The molecule has 6 heteroatoms. The quantitative estimate of drug-likeness (QED) is 0.331. The van der Waals surface area contributed by atoms with Crippen LogP contribution in [0.3, 0.4) is 0 Å². The van der Waals surface area contributed by atoms with E-state index in [0.717, 1.165) is 5.56 Å². The van der Waals surface area contributed by atoms with Crippen molar-refractivity contribution in [1.29, 1.82) is 0 Å². The topological polar surface area (TPSA) is 52.4 Å². The summed E-state index contributed by atoms with van der Waals surface area (Å²) in [6.07, 6.45) is 0. The summed E-state index contributed by atoms with van der Waals surface area (Å²) >= 11 is 0. The van der Waals surface area contributed by atoms with E-state index in [0.29, 0.717) is 22.5 Å². The second-order valence-corrected chi connectivity index (χ2v) is 5.69. The predicted octanol–water partition coefficient (Wildman–Crippen LogP) is 2.45. The van der Waals surface area contributed by atoms with Crippen LogP contribution in [0.1, 0.15) is 5.56 Å². The van der Waals surface area contributed by atoms with Crippen molar-refractivity contribution in [2.45, 2.75) is 6.61 Å². The van der Waals surface area contributed by atoms with Crippen LogP contribution in [0.5, 0.6) is 5.75 Å². The fourth-order valence-electron chi connectivity index (χ4n) is 2.05. The molecule has 0 heterocycles. The van der Waals surface area contributed by atoms with Crippen LogP contribution in [0.2, 0.25) is 0 Å². The van der Waals surface area contributed by atoms with Crippen LogP contribution < -0.4 is 9.22 Å². The zero-order valence-electron chi connectivity index (χ0n) is 13.2. The molecule has 0 N–H and O–H groups in total. The van der Waals surface area contributed by atoms with Crippen molar-refractivity contribution in [2.75, 3.05) is 21.1 Å². The van der Waals surface area contributed by atoms with Gasteiger partial charge in [0.05, 0.1) is 32.1 Å². The Morgan fingerprint density at radius 3 is 2.27 bits per heavy atom. The molecule has 2 aromatic rings. The van der Waals surface area contributed by atoms with Gasteiger partial charge in [0.2, 0.25) is 5.69 Å². The van der Waals surface area contributed by atoms with Crippen LogP contribution in [-0.4, -0.2) is 50.0 Å². The monoisotopic (exact) mass is 409 g/mol. The number of ether oxygens (including phenoxy) is 1. The summed E-state index contributed by atoms with van der Waals surface area (Å²) in [6.45, 7) is 0.391. The third-order valence-corrected chi connectivity index (χ3v) is 3.11. The normalized spacial score (nSPS) is 10.7. The van der Waals surface area contributed by atoms with E-state index in [9.17, 15) is 10.1 Å². The van der Waals surface area contributed by atoms with Gasteiger partial charge in [-0.2, -0.15) is 0 Å². The van der Waals surface area contributed by atoms with E-state index in [1.807, 2.05) is 51.5 Å². The number of benzene rings is 2. The minimum atomic E-state index is -0.367. The first-order valence-electron chi connectivity index (χ1n) is 6.65. The Labute approximate surface area is 147 Å². The van der Waals surface area contributed by atoms with E-state index in [1.54, 1.807) is 12.1 Å². The van der Waals surface area contributed by atoms with Crippen LogP contribution in [0.4, 0.5) is 11.4 Å². The number of nitrogens with zero attached hydrogens (tertiary/aromatic N) is 2. The number of hydrogen-bond donors (Lipinski definition) is 0. The van der Waals surface area contributed by atoms with Crippen molar-refractivity contribution >= 4 is 35.3 Å². The van der Waals surface area contributed by atoms with E-state index in [4.69, 9.17) is 4.74 Å². The Bertz CT molecular complexity index is 640. The van der Waals surface area contributed by atoms with Crippen LogP contribution in [0.25, 0.3) is 0 Å². The van der Waals surface area contributed by atoms with Gasteiger partial charge in [-0.25, -0.2) is 0 Å². The van der Waals surface area contributed by atoms with E-state index in [1.165, 1.54) is 6.07 Å². The molecule has 2 rings (SSSR count). The summed E-state index contributed by atoms with van der Waals surface area (Å²) in [4.78, 5) is 10.9. The number of hydrogen-bond acceptors (Lipinski definition) is 3. The van der Waals surface area contributed by atoms with Gasteiger partial charge in [0.25, 0.3) is 0 Å². The second-order valence-electron chi connectivity index (χ2n) is 5.69. The Morgan fingerprint density at radius 2 is 1.73 bits per heavy atom. The molecule has 0 spiro atoms. The number of quaternary nitrogens is 1. The number of rotatable bonds is 5. The Kier molecular flexibility index (Phi) is 6.37. The molecular weight excluding hydrogens is 387 g/mol. The van der Waals surface area contributed by atoms with Crippen molar-refractivity contribution in [2.24, 2.45) is 0 Å². The van der Waals surface area contributed by atoms with Crippen molar-refractivity contribution in [3.63, 3.8) is 0 Å². The summed E-state index contributed by atoms with van der Waals surface area (Å²) < 4.78 is 6.02. The third kappa shape index (κ3) is 4.71. The van der Waals surface area contributed by atoms with Crippen molar-refractivity contribution in [1.82, 2.24) is 4.48 Å². The molecule has 0 aliphatic heterocycles. The molecule has 0 aliphatic rings. The molecule has 116 valence electrons. The molecule has 0 aliphatic carbocycles. The molecular formula is C16H21N2O3Sn+. The summed E-state index contributed by atoms with van der Waals surface area (Å²) in [7, 11) is 5.69. The van der Waals surface area contributed by atoms with E-state index in [2.05, 4.69) is 0 Å². The van der Waals surface area contributed by atoms with Gasteiger partial charge in [-0.3, -0.25) is 14.6 Å². The van der Waals surface area contributed by atoms with Gasteiger partial charge in [-0.1, -0.05) is 30.3 Å². The van der Waals surface area contributed by atoms with Gasteiger partial charge in [-0.05, 0) is 11.6 Å². The average Bonchev–Trinajstić information content (AvgIpc) is 2.45. The Balaban J connectivity index is 0.00000242. The molecule has 5 nitrogen and oxygen atoms in total. The summed E-state index contributed by atoms with van der Waals surface area (Å²) in [5.41, 5.74) is 1.75. The van der Waals surface area contributed by atoms with E-state index in [-0.39, 0.29) is 34.5 Å². The van der Waals surface area contributed by atoms with Crippen molar-refractivity contribution < 1.29 is 9.66 Å². The molecule has 0 saturated heterocycles. The average molecular weight is 408 g/mol. The zero-order chi connectivity index (χ0) is 15.5. The Morgan fingerprint density at radius 1 is 1.09 bits per heavy atom. The molecule has 0 unspecified atom stereocenters. The summed E-state index contributed by atoms with van der Waals surface area (Å²) in [6, 6.07) is 14.7.